The topological polar surface area (TPSA) is 9.23 Å². The lowest BCUT2D eigenvalue weighted by molar-refractivity contribution is -0.0484. The van der Waals surface area contributed by atoms with E-state index >= 15 is 0 Å². The van der Waals surface area contributed by atoms with Crippen LogP contribution in [0.1, 0.15) is 51.9 Å². The van der Waals surface area contributed by atoms with E-state index in [2.05, 4.69) is 6.92 Å². The first-order valence-corrected chi connectivity index (χ1v) is 7.48. The van der Waals surface area contributed by atoms with Crippen molar-refractivity contribution in [3.63, 3.8) is 0 Å². The van der Waals surface area contributed by atoms with Crippen molar-refractivity contribution in [2.24, 2.45) is 5.41 Å². The van der Waals surface area contributed by atoms with Crippen molar-refractivity contribution in [3.8, 4) is 0 Å². The molecular formula is C13H22Cl2O. The zero-order valence-corrected chi connectivity index (χ0v) is 11.6. The van der Waals surface area contributed by atoms with Gasteiger partial charge in [-0.1, -0.05) is 19.8 Å². The van der Waals surface area contributed by atoms with E-state index in [1.54, 1.807) is 0 Å². The molecule has 0 bridgehead atoms. The van der Waals surface area contributed by atoms with Crippen LogP contribution in [0.3, 0.4) is 0 Å². The van der Waals surface area contributed by atoms with Crippen molar-refractivity contribution in [2.75, 3.05) is 11.8 Å². The van der Waals surface area contributed by atoms with Crippen LogP contribution in [-0.4, -0.2) is 23.5 Å². The van der Waals surface area contributed by atoms with Crippen LogP contribution in [0.4, 0.5) is 0 Å². The Labute approximate surface area is 109 Å². The predicted octanol–water partition coefficient (Wildman–Crippen LogP) is 4.35. The van der Waals surface area contributed by atoms with Gasteiger partial charge < -0.3 is 4.74 Å². The minimum atomic E-state index is 0.0396. The van der Waals surface area contributed by atoms with Gasteiger partial charge in [0.25, 0.3) is 0 Å². The summed E-state index contributed by atoms with van der Waals surface area (Å²) in [6.45, 7) is 2.16. The molecule has 2 aliphatic rings. The highest BCUT2D eigenvalue weighted by Crippen LogP contribution is 2.45. The Hall–Kier alpha value is 0.540. The van der Waals surface area contributed by atoms with Gasteiger partial charge in [0, 0.05) is 11.8 Å². The summed E-state index contributed by atoms with van der Waals surface area (Å²) in [6, 6.07) is 0. The van der Waals surface area contributed by atoms with E-state index in [-0.39, 0.29) is 11.0 Å². The summed E-state index contributed by atoms with van der Waals surface area (Å²) in [5.41, 5.74) is 0.280. The van der Waals surface area contributed by atoms with Gasteiger partial charge in [0.15, 0.2) is 0 Å². The minimum absolute atomic E-state index is 0.0396. The maximum Gasteiger partial charge on any atom is 0.0687 e. The first-order chi connectivity index (χ1) is 7.61. The highest BCUT2D eigenvalue weighted by molar-refractivity contribution is 6.21. The molecule has 1 heterocycles. The maximum absolute atomic E-state index is 6.29. The monoisotopic (exact) mass is 264 g/mol. The first-order valence-electron chi connectivity index (χ1n) is 6.41. The van der Waals surface area contributed by atoms with Gasteiger partial charge in [-0.2, -0.15) is 0 Å². The number of hydrogen-bond acceptors (Lipinski definition) is 1. The number of rotatable bonds is 4. The number of alkyl halides is 2. The van der Waals surface area contributed by atoms with Crippen LogP contribution >= 0.6 is 23.2 Å². The molecule has 3 heteroatoms. The van der Waals surface area contributed by atoms with Crippen molar-refractivity contribution in [1.82, 2.24) is 0 Å². The second-order valence-electron chi connectivity index (χ2n) is 5.95. The largest absolute Gasteiger partial charge is 0.372 e. The smallest absolute Gasteiger partial charge is 0.0687 e. The lowest BCUT2D eigenvalue weighted by atomic mass is 9.87. The summed E-state index contributed by atoms with van der Waals surface area (Å²) >= 11 is 12.0. The van der Waals surface area contributed by atoms with E-state index in [0.29, 0.717) is 17.9 Å². The van der Waals surface area contributed by atoms with E-state index in [9.17, 15) is 0 Å². The molecule has 1 aliphatic heterocycles. The molecule has 1 spiro atoms. The van der Waals surface area contributed by atoms with Gasteiger partial charge in [-0.25, -0.2) is 0 Å². The van der Waals surface area contributed by atoms with Gasteiger partial charge in [0.1, 0.15) is 0 Å². The second-order valence-corrected chi connectivity index (χ2v) is 6.49. The van der Waals surface area contributed by atoms with Gasteiger partial charge in [-0.3, -0.25) is 0 Å². The molecule has 0 aromatic carbocycles. The number of hydrogen-bond donors (Lipinski definition) is 0. The van der Waals surface area contributed by atoms with Crippen molar-refractivity contribution in [1.29, 1.82) is 0 Å². The molecule has 16 heavy (non-hydrogen) atoms. The zero-order valence-electron chi connectivity index (χ0n) is 10.1. The van der Waals surface area contributed by atoms with Crippen LogP contribution in [0.2, 0.25) is 0 Å². The molecule has 0 amide bonds. The molecule has 0 N–H and O–H groups in total. The lowest BCUT2D eigenvalue weighted by Gasteiger charge is -2.30. The van der Waals surface area contributed by atoms with Gasteiger partial charge >= 0.3 is 0 Å². The molecule has 0 aromatic heterocycles. The molecule has 1 saturated carbocycles. The summed E-state index contributed by atoms with van der Waals surface area (Å²) in [7, 11) is 0. The molecule has 0 aromatic rings. The molecule has 94 valence electrons. The third-order valence-corrected chi connectivity index (χ3v) is 5.51. The maximum atomic E-state index is 6.29. The standard InChI is InChI=1S/C13H22Cl2O/c1-12(9-14,10-15)8-11-4-7-13(16-11)5-2-3-6-13/h11H,2-10H2,1H3. The second kappa shape index (κ2) is 5.04. The molecule has 2 fully saturated rings. The highest BCUT2D eigenvalue weighted by Gasteiger charge is 2.43. The predicted molar refractivity (Wildman–Crippen MR) is 69.5 cm³/mol. The van der Waals surface area contributed by atoms with Crippen molar-refractivity contribution in [3.05, 3.63) is 0 Å². The normalized spacial score (nSPS) is 29.1. The van der Waals surface area contributed by atoms with Crippen LogP contribution in [-0.2, 0) is 4.74 Å². The van der Waals surface area contributed by atoms with E-state index in [4.69, 9.17) is 27.9 Å². The average molecular weight is 265 g/mol. The third kappa shape index (κ3) is 2.68. The summed E-state index contributed by atoms with van der Waals surface area (Å²) < 4.78 is 6.29. The highest BCUT2D eigenvalue weighted by atomic mass is 35.5. The molecule has 2 rings (SSSR count). The van der Waals surface area contributed by atoms with Gasteiger partial charge in [0.2, 0.25) is 0 Å². The van der Waals surface area contributed by atoms with Crippen LogP contribution in [0, 0.1) is 5.41 Å². The third-order valence-electron chi connectivity index (χ3n) is 4.22. The minimum Gasteiger partial charge on any atom is -0.372 e. The lowest BCUT2D eigenvalue weighted by Crippen LogP contribution is -2.30. The molecule has 1 unspecified atom stereocenters. The first kappa shape index (κ1) is 13.0. The molecule has 1 atom stereocenters. The molecule has 1 aliphatic carbocycles. The van der Waals surface area contributed by atoms with Gasteiger partial charge in [-0.15, -0.1) is 23.2 Å². The zero-order chi connectivity index (χ0) is 11.6. The number of ether oxygens (including phenoxy) is 1. The molecule has 1 saturated heterocycles. The Kier molecular flexibility index (Phi) is 4.09. The van der Waals surface area contributed by atoms with E-state index < -0.39 is 0 Å². The summed E-state index contributed by atoms with van der Waals surface area (Å²) in [4.78, 5) is 0. The summed E-state index contributed by atoms with van der Waals surface area (Å²) in [5, 5.41) is 0. The Balaban J connectivity index is 1.89. The Morgan fingerprint density at radius 2 is 1.81 bits per heavy atom. The Morgan fingerprint density at radius 1 is 1.19 bits per heavy atom. The van der Waals surface area contributed by atoms with Crippen molar-refractivity contribution >= 4 is 23.2 Å². The van der Waals surface area contributed by atoms with Crippen LogP contribution in [0.25, 0.3) is 0 Å². The fourth-order valence-electron chi connectivity index (χ4n) is 3.12. The molecule has 1 nitrogen and oxygen atoms in total. The SMILES string of the molecule is CC(CCl)(CCl)CC1CCC2(CCCC2)O1. The van der Waals surface area contributed by atoms with E-state index in [1.807, 2.05) is 0 Å². The summed E-state index contributed by atoms with van der Waals surface area (Å²) in [6.07, 6.45) is 9.07. The van der Waals surface area contributed by atoms with Crippen LogP contribution < -0.4 is 0 Å². The Morgan fingerprint density at radius 3 is 2.38 bits per heavy atom. The van der Waals surface area contributed by atoms with E-state index in [1.165, 1.54) is 38.5 Å². The average Bonchev–Trinajstić information content (AvgIpc) is 2.90. The van der Waals surface area contributed by atoms with Gasteiger partial charge in [-0.05, 0) is 37.5 Å². The Bertz CT molecular complexity index is 232. The van der Waals surface area contributed by atoms with E-state index in [0.717, 1.165) is 6.42 Å². The molecular weight excluding hydrogens is 243 g/mol. The van der Waals surface area contributed by atoms with Crippen molar-refractivity contribution in [2.45, 2.75) is 63.6 Å². The van der Waals surface area contributed by atoms with Crippen molar-refractivity contribution < 1.29 is 4.74 Å². The molecule has 0 radical (unpaired) electrons. The van der Waals surface area contributed by atoms with Crippen LogP contribution in [0.15, 0.2) is 0 Å². The van der Waals surface area contributed by atoms with Crippen LogP contribution in [0.5, 0.6) is 0 Å². The van der Waals surface area contributed by atoms with Gasteiger partial charge in [0.05, 0.1) is 11.7 Å². The fourth-order valence-corrected chi connectivity index (χ4v) is 3.62. The number of halogens is 2. The quantitative estimate of drug-likeness (QED) is 0.686. The summed E-state index contributed by atoms with van der Waals surface area (Å²) in [5.74, 6) is 1.26. The fraction of sp³-hybridized carbons (Fsp3) is 1.00.